The average molecular weight is 243 g/mol. The van der Waals surface area contributed by atoms with E-state index in [4.69, 9.17) is 0 Å². The van der Waals surface area contributed by atoms with Crippen molar-refractivity contribution < 1.29 is 0 Å². The molecule has 0 saturated carbocycles. The van der Waals surface area contributed by atoms with Crippen LogP contribution in [0, 0.1) is 6.92 Å². The third-order valence-corrected chi connectivity index (χ3v) is 2.88. The van der Waals surface area contributed by atoms with Gasteiger partial charge in [0.15, 0.2) is 0 Å². The van der Waals surface area contributed by atoms with E-state index in [1.165, 1.54) is 0 Å². The fourth-order valence-electron chi connectivity index (χ4n) is 1.18. The minimum absolute atomic E-state index is 0.397. The van der Waals surface area contributed by atoms with Gasteiger partial charge in [0, 0.05) is 5.92 Å². The number of aryl methyl sites for hydroxylation is 1. The number of imidazole rings is 1. The Balaban J connectivity index is 2.65. The van der Waals surface area contributed by atoms with Crippen molar-refractivity contribution in [3.05, 3.63) is 16.1 Å². The number of H-pyrrole nitrogens is 1. The van der Waals surface area contributed by atoms with Gasteiger partial charge in [0.05, 0.1) is 5.69 Å². The van der Waals surface area contributed by atoms with Crippen LogP contribution in [-0.4, -0.2) is 19.6 Å². The van der Waals surface area contributed by atoms with E-state index in [0.29, 0.717) is 5.92 Å². The molecular weight excluding hydrogens is 232 g/mol. The molecule has 2 rings (SSSR count). The van der Waals surface area contributed by atoms with Crippen molar-refractivity contribution in [1.29, 1.82) is 0 Å². The monoisotopic (exact) mass is 242 g/mol. The van der Waals surface area contributed by atoms with Crippen LogP contribution >= 0.6 is 15.9 Å². The van der Waals surface area contributed by atoms with Crippen molar-refractivity contribution in [2.75, 3.05) is 0 Å². The van der Waals surface area contributed by atoms with Crippen molar-refractivity contribution >= 4 is 21.7 Å². The molecule has 2 heterocycles. The predicted molar refractivity (Wildman–Crippen MR) is 53.9 cm³/mol. The maximum atomic E-state index is 4.36. The first-order valence-electron chi connectivity index (χ1n) is 4.20. The molecule has 0 radical (unpaired) electrons. The molecule has 0 aliphatic heterocycles. The maximum absolute atomic E-state index is 4.36. The fourth-order valence-corrected chi connectivity index (χ4v) is 1.51. The van der Waals surface area contributed by atoms with Gasteiger partial charge in [-0.2, -0.15) is 4.98 Å². The first kappa shape index (κ1) is 8.74. The zero-order valence-corrected chi connectivity index (χ0v) is 9.38. The van der Waals surface area contributed by atoms with E-state index in [0.717, 1.165) is 21.9 Å². The second kappa shape index (κ2) is 2.83. The molecule has 0 amide bonds. The molecule has 0 atom stereocenters. The fraction of sp³-hybridized carbons (Fsp3) is 0.500. The summed E-state index contributed by atoms with van der Waals surface area (Å²) in [6.45, 7) is 6.14. The van der Waals surface area contributed by atoms with Crippen LogP contribution < -0.4 is 0 Å². The Morgan fingerprint density at radius 1 is 1.38 bits per heavy atom. The molecule has 0 aliphatic carbocycles. The first-order valence-corrected chi connectivity index (χ1v) is 4.99. The minimum atomic E-state index is 0.397. The van der Waals surface area contributed by atoms with Gasteiger partial charge in [0.1, 0.15) is 10.4 Å². The van der Waals surface area contributed by atoms with Gasteiger partial charge in [0.25, 0.3) is 5.78 Å². The maximum Gasteiger partial charge on any atom is 0.251 e. The molecule has 1 N–H and O–H groups in total. The van der Waals surface area contributed by atoms with Crippen molar-refractivity contribution in [3.63, 3.8) is 0 Å². The Kier molecular flexibility index (Phi) is 1.91. The number of fused-ring (bicyclic) bond motifs is 1. The lowest BCUT2D eigenvalue weighted by molar-refractivity contribution is 0.761. The van der Waals surface area contributed by atoms with Gasteiger partial charge in [-0.3, -0.25) is 5.10 Å². The molecule has 0 spiro atoms. The molecule has 0 aliphatic rings. The molecule has 2 aromatic heterocycles. The van der Waals surface area contributed by atoms with Crippen molar-refractivity contribution in [2.24, 2.45) is 0 Å². The summed E-state index contributed by atoms with van der Waals surface area (Å²) in [5, 5.41) is 3.18. The molecule has 0 bridgehead atoms. The normalized spacial score (nSPS) is 11.8. The highest BCUT2D eigenvalue weighted by molar-refractivity contribution is 9.10. The van der Waals surface area contributed by atoms with Crippen LogP contribution in [0.3, 0.4) is 0 Å². The Bertz CT molecular complexity index is 440. The van der Waals surface area contributed by atoms with Crippen molar-refractivity contribution in [2.45, 2.75) is 26.7 Å². The van der Waals surface area contributed by atoms with Crippen molar-refractivity contribution in [1.82, 2.24) is 19.6 Å². The van der Waals surface area contributed by atoms with E-state index in [-0.39, 0.29) is 0 Å². The number of aromatic amines is 1. The van der Waals surface area contributed by atoms with Crippen LogP contribution in [-0.2, 0) is 0 Å². The summed E-state index contributed by atoms with van der Waals surface area (Å²) in [5.41, 5.74) is 0.953. The summed E-state index contributed by atoms with van der Waals surface area (Å²) in [6, 6.07) is 0. The van der Waals surface area contributed by atoms with E-state index < -0.39 is 0 Å². The zero-order chi connectivity index (χ0) is 9.59. The Hall–Kier alpha value is -0.840. The third-order valence-electron chi connectivity index (χ3n) is 1.96. The lowest BCUT2D eigenvalue weighted by atomic mass is 10.2. The topological polar surface area (TPSA) is 46.0 Å². The second-order valence-electron chi connectivity index (χ2n) is 3.39. The van der Waals surface area contributed by atoms with Gasteiger partial charge >= 0.3 is 0 Å². The van der Waals surface area contributed by atoms with E-state index in [1.807, 2.05) is 11.4 Å². The molecule has 0 fully saturated rings. The smallest absolute Gasteiger partial charge is 0.251 e. The number of hydrogen-bond acceptors (Lipinski definition) is 2. The van der Waals surface area contributed by atoms with Gasteiger partial charge in [-0.1, -0.05) is 13.8 Å². The Morgan fingerprint density at radius 3 is 2.62 bits per heavy atom. The van der Waals surface area contributed by atoms with Crippen LogP contribution in [0.25, 0.3) is 5.78 Å². The zero-order valence-electron chi connectivity index (χ0n) is 7.80. The molecular formula is C8H11BrN4. The van der Waals surface area contributed by atoms with Crippen LogP contribution in [0.2, 0.25) is 0 Å². The Morgan fingerprint density at radius 2 is 2.08 bits per heavy atom. The van der Waals surface area contributed by atoms with E-state index in [2.05, 4.69) is 44.8 Å². The summed E-state index contributed by atoms with van der Waals surface area (Å²) in [5.74, 6) is 2.09. The van der Waals surface area contributed by atoms with Crippen molar-refractivity contribution in [3.8, 4) is 0 Å². The molecule has 70 valence electrons. The standard InChI is InChI=1S/C8H11BrN4/c1-4(2)7-11-8-10-5(3)6(9)13(8)12-7/h4H,1-3H3,(H,10,11,12). The molecule has 0 saturated heterocycles. The highest BCUT2D eigenvalue weighted by atomic mass is 79.9. The summed E-state index contributed by atoms with van der Waals surface area (Å²) >= 11 is 3.44. The lowest BCUT2D eigenvalue weighted by Gasteiger charge is -1.96. The molecule has 2 aromatic rings. The molecule has 5 heteroatoms. The SMILES string of the molecule is Cc1nc2nc(C(C)C)[nH]n2c1Br. The molecule has 4 nitrogen and oxygen atoms in total. The van der Waals surface area contributed by atoms with Crippen LogP contribution in [0.4, 0.5) is 0 Å². The number of halogens is 1. The van der Waals surface area contributed by atoms with Gasteiger partial charge in [0.2, 0.25) is 0 Å². The molecule has 13 heavy (non-hydrogen) atoms. The average Bonchev–Trinajstić information content (AvgIpc) is 2.55. The highest BCUT2D eigenvalue weighted by Gasteiger charge is 2.11. The van der Waals surface area contributed by atoms with Crippen LogP contribution in [0.1, 0.15) is 31.3 Å². The number of hydrogen-bond donors (Lipinski definition) is 1. The quantitative estimate of drug-likeness (QED) is 0.834. The van der Waals surface area contributed by atoms with Gasteiger partial charge < -0.3 is 0 Å². The van der Waals surface area contributed by atoms with Gasteiger partial charge in [-0.15, -0.1) is 0 Å². The van der Waals surface area contributed by atoms with Crippen LogP contribution in [0.15, 0.2) is 4.60 Å². The first-order chi connectivity index (χ1) is 6.09. The van der Waals surface area contributed by atoms with E-state index >= 15 is 0 Å². The predicted octanol–water partition coefficient (Wildman–Crippen LogP) is 2.25. The molecule has 0 unspecified atom stereocenters. The van der Waals surface area contributed by atoms with E-state index in [9.17, 15) is 0 Å². The number of nitrogens with one attached hydrogen (secondary N) is 1. The summed E-state index contributed by atoms with van der Waals surface area (Å²) in [6.07, 6.45) is 0. The largest absolute Gasteiger partial charge is 0.277 e. The number of nitrogens with zero attached hydrogens (tertiary/aromatic N) is 3. The number of aromatic nitrogens is 4. The summed E-state index contributed by atoms with van der Waals surface area (Å²) < 4.78 is 2.80. The second-order valence-corrected chi connectivity index (χ2v) is 4.14. The number of rotatable bonds is 1. The minimum Gasteiger partial charge on any atom is -0.277 e. The summed E-state index contributed by atoms with van der Waals surface area (Å²) in [7, 11) is 0. The van der Waals surface area contributed by atoms with E-state index in [1.54, 1.807) is 0 Å². The third kappa shape index (κ3) is 1.27. The van der Waals surface area contributed by atoms with Crippen LogP contribution in [0.5, 0.6) is 0 Å². The molecule has 0 aromatic carbocycles. The van der Waals surface area contributed by atoms with Gasteiger partial charge in [-0.25, -0.2) is 9.50 Å². The lowest BCUT2D eigenvalue weighted by Crippen LogP contribution is -1.92. The summed E-state index contributed by atoms with van der Waals surface area (Å²) in [4.78, 5) is 8.65. The highest BCUT2D eigenvalue weighted by Crippen LogP contribution is 2.18. The Labute approximate surface area is 84.5 Å². The van der Waals surface area contributed by atoms with Gasteiger partial charge in [-0.05, 0) is 22.9 Å².